The van der Waals surface area contributed by atoms with E-state index in [-0.39, 0.29) is 0 Å². The second kappa shape index (κ2) is 5.35. The largest absolute Gasteiger partial charge is 0.362 e. The molecule has 0 amide bonds. The first-order valence-corrected chi connectivity index (χ1v) is 6.36. The van der Waals surface area contributed by atoms with Gasteiger partial charge >= 0.3 is 0 Å². The first-order chi connectivity index (χ1) is 7.83. The molecule has 1 unspecified atom stereocenters. The summed E-state index contributed by atoms with van der Waals surface area (Å²) in [6.07, 6.45) is 5.23. The molecule has 0 bridgehead atoms. The summed E-state index contributed by atoms with van der Waals surface area (Å²) in [4.78, 5) is 2.28. The van der Waals surface area contributed by atoms with Crippen LogP contribution in [-0.2, 0) is 0 Å². The standard InChI is InChI=1S/C14H22N2/c1-3-4-5-9-13-12-8-6-7-10-14(12)16(2)11-15-13/h6-8,10,13,15H,3-5,9,11H2,1-2H3. The number of hydrogen-bond acceptors (Lipinski definition) is 2. The van der Waals surface area contributed by atoms with Crippen LogP contribution >= 0.6 is 0 Å². The first-order valence-electron chi connectivity index (χ1n) is 6.36. The normalized spacial score (nSPS) is 19.6. The highest BCUT2D eigenvalue weighted by atomic mass is 15.2. The molecule has 2 rings (SSSR count). The molecule has 0 spiro atoms. The molecule has 0 aliphatic carbocycles. The molecule has 0 fully saturated rings. The number of rotatable bonds is 4. The molecule has 0 saturated carbocycles. The van der Waals surface area contributed by atoms with Gasteiger partial charge in [0.05, 0.1) is 6.67 Å². The topological polar surface area (TPSA) is 15.3 Å². The summed E-state index contributed by atoms with van der Waals surface area (Å²) in [5.41, 5.74) is 2.86. The van der Waals surface area contributed by atoms with Crippen molar-refractivity contribution in [3.8, 4) is 0 Å². The average Bonchev–Trinajstić information content (AvgIpc) is 2.33. The van der Waals surface area contributed by atoms with Crippen molar-refractivity contribution in [2.45, 2.75) is 38.6 Å². The summed E-state index contributed by atoms with van der Waals surface area (Å²) in [6.45, 7) is 3.23. The zero-order chi connectivity index (χ0) is 11.4. The third-order valence-corrected chi connectivity index (χ3v) is 3.39. The van der Waals surface area contributed by atoms with Crippen LogP contribution in [0.25, 0.3) is 0 Å². The lowest BCUT2D eigenvalue weighted by Gasteiger charge is -2.34. The van der Waals surface area contributed by atoms with Gasteiger partial charge in [-0.05, 0) is 18.1 Å². The number of benzene rings is 1. The molecule has 1 aromatic carbocycles. The zero-order valence-electron chi connectivity index (χ0n) is 10.4. The molecule has 0 radical (unpaired) electrons. The van der Waals surface area contributed by atoms with Crippen LogP contribution in [-0.4, -0.2) is 13.7 Å². The fourth-order valence-corrected chi connectivity index (χ4v) is 2.43. The third-order valence-electron chi connectivity index (χ3n) is 3.39. The van der Waals surface area contributed by atoms with Gasteiger partial charge in [-0.1, -0.05) is 44.4 Å². The van der Waals surface area contributed by atoms with Crippen molar-refractivity contribution in [3.05, 3.63) is 29.8 Å². The van der Waals surface area contributed by atoms with Crippen LogP contribution in [0.3, 0.4) is 0 Å². The van der Waals surface area contributed by atoms with Crippen LogP contribution in [0, 0.1) is 0 Å². The van der Waals surface area contributed by atoms with E-state index in [0.717, 1.165) is 6.67 Å². The summed E-state index contributed by atoms with van der Waals surface area (Å²) in [5, 5.41) is 3.61. The second-order valence-corrected chi connectivity index (χ2v) is 4.67. The lowest BCUT2D eigenvalue weighted by atomic mass is 9.97. The molecule has 2 nitrogen and oxygen atoms in total. The van der Waals surface area contributed by atoms with Crippen molar-refractivity contribution in [1.82, 2.24) is 5.32 Å². The number of hydrogen-bond donors (Lipinski definition) is 1. The van der Waals surface area contributed by atoms with Crippen molar-refractivity contribution < 1.29 is 0 Å². The van der Waals surface area contributed by atoms with Crippen molar-refractivity contribution >= 4 is 5.69 Å². The highest BCUT2D eigenvalue weighted by Crippen LogP contribution is 2.31. The predicted molar refractivity (Wildman–Crippen MR) is 69.7 cm³/mol. The Morgan fingerprint density at radius 1 is 1.31 bits per heavy atom. The predicted octanol–water partition coefficient (Wildman–Crippen LogP) is 3.30. The highest BCUT2D eigenvalue weighted by Gasteiger charge is 2.21. The summed E-state index contributed by atoms with van der Waals surface area (Å²) in [7, 11) is 2.15. The van der Waals surface area contributed by atoms with E-state index >= 15 is 0 Å². The second-order valence-electron chi connectivity index (χ2n) is 4.67. The lowest BCUT2D eigenvalue weighted by molar-refractivity contribution is 0.459. The Morgan fingerprint density at radius 2 is 2.12 bits per heavy atom. The number of anilines is 1. The van der Waals surface area contributed by atoms with E-state index < -0.39 is 0 Å². The van der Waals surface area contributed by atoms with Gasteiger partial charge in [0.25, 0.3) is 0 Å². The van der Waals surface area contributed by atoms with Crippen LogP contribution in [0.1, 0.15) is 44.2 Å². The van der Waals surface area contributed by atoms with E-state index in [4.69, 9.17) is 0 Å². The zero-order valence-corrected chi connectivity index (χ0v) is 10.4. The Bertz CT molecular complexity index is 335. The average molecular weight is 218 g/mol. The van der Waals surface area contributed by atoms with Gasteiger partial charge in [0, 0.05) is 18.8 Å². The van der Waals surface area contributed by atoms with Gasteiger partial charge in [-0.2, -0.15) is 0 Å². The van der Waals surface area contributed by atoms with Crippen molar-refractivity contribution in [1.29, 1.82) is 0 Å². The van der Waals surface area contributed by atoms with Crippen LogP contribution in [0.5, 0.6) is 0 Å². The van der Waals surface area contributed by atoms with Crippen molar-refractivity contribution in [2.24, 2.45) is 0 Å². The number of para-hydroxylation sites is 1. The van der Waals surface area contributed by atoms with Crippen molar-refractivity contribution in [2.75, 3.05) is 18.6 Å². The Morgan fingerprint density at radius 3 is 2.94 bits per heavy atom. The number of fused-ring (bicyclic) bond motifs is 1. The third kappa shape index (κ3) is 2.38. The fraction of sp³-hybridized carbons (Fsp3) is 0.571. The molecule has 1 atom stereocenters. The fourth-order valence-electron chi connectivity index (χ4n) is 2.43. The van der Waals surface area contributed by atoms with Gasteiger partial charge in [-0.3, -0.25) is 5.32 Å². The van der Waals surface area contributed by atoms with Gasteiger partial charge < -0.3 is 4.90 Å². The van der Waals surface area contributed by atoms with Gasteiger partial charge in [0.15, 0.2) is 0 Å². The van der Waals surface area contributed by atoms with E-state index in [1.807, 2.05) is 0 Å². The summed E-state index contributed by atoms with van der Waals surface area (Å²) < 4.78 is 0. The highest BCUT2D eigenvalue weighted by molar-refractivity contribution is 5.56. The molecule has 16 heavy (non-hydrogen) atoms. The maximum atomic E-state index is 3.61. The number of unbranched alkanes of at least 4 members (excludes halogenated alkanes) is 2. The summed E-state index contributed by atoms with van der Waals surface area (Å²) >= 11 is 0. The van der Waals surface area contributed by atoms with Crippen LogP contribution < -0.4 is 10.2 Å². The molecule has 1 heterocycles. The van der Waals surface area contributed by atoms with E-state index in [1.165, 1.54) is 36.9 Å². The Hall–Kier alpha value is -1.02. The molecule has 0 aromatic heterocycles. The Balaban J connectivity index is 2.09. The number of nitrogens with one attached hydrogen (secondary N) is 1. The Kier molecular flexibility index (Phi) is 3.83. The quantitative estimate of drug-likeness (QED) is 0.780. The van der Waals surface area contributed by atoms with Crippen LogP contribution in [0.2, 0.25) is 0 Å². The van der Waals surface area contributed by atoms with Crippen LogP contribution in [0.4, 0.5) is 5.69 Å². The minimum absolute atomic E-state index is 0.555. The molecule has 0 saturated heterocycles. The lowest BCUT2D eigenvalue weighted by Crippen LogP contribution is -2.39. The number of nitrogens with zero attached hydrogens (tertiary/aromatic N) is 1. The molecule has 1 aliphatic rings. The first kappa shape index (κ1) is 11.5. The Labute approximate surface area is 98.7 Å². The molecular weight excluding hydrogens is 196 g/mol. The molecule has 88 valence electrons. The smallest absolute Gasteiger partial charge is 0.0683 e. The maximum absolute atomic E-state index is 3.61. The van der Waals surface area contributed by atoms with Gasteiger partial charge in [0.1, 0.15) is 0 Å². The van der Waals surface area contributed by atoms with Gasteiger partial charge in [0.2, 0.25) is 0 Å². The minimum atomic E-state index is 0.555. The van der Waals surface area contributed by atoms with Crippen molar-refractivity contribution in [3.63, 3.8) is 0 Å². The van der Waals surface area contributed by atoms with E-state index in [9.17, 15) is 0 Å². The molecule has 1 N–H and O–H groups in total. The molecular formula is C14H22N2. The SMILES string of the molecule is CCCCCC1NCN(C)c2ccccc21. The minimum Gasteiger partial charge on any atom is -0.362 e. The molecule has 1 aliphatic heterocycles. The van der Waals surface area contributed by atoms with Gasteiger partial charge in [-0.15, -0.1) is 0 Å². The summed E-state index contributed by atoms with van der Waals surface area (Å²) in [6, 6.07) is 9.31. The maximum Gasteiger partial charge on any atom is 0.0683 e. The molecule has 2 heteroatoms. The van der Waals surface area contributed by atoms with Crippen LogP contribution in [0.15, 0.2) is 24.3 Å². The summed E-state index contributed by atoms with van der Waals surface area (Å²) in [5.74, 6) is 0. The van der Waals surface area contributed by atoms with Gasteiger partial charge in [-0.25, -0.2) is 0 Å². The van der Waals surface area contributed by atoms with E-state index in [0.29, 0.717) is 6.04 Å². The van der Waals surface area contributed by atoms with E-state index in [2.05, 4.69) is 48.5 Å². The molecule has 1 aromatic rings. The monoisotopic (exact) mass is 218 g/mol. The van der Waals surface area contributed by atoms with E-state index in [1.54, 1.807) is 0 Å².